The van der Waals surface area contributed by atoms with Gasteiger partial charge in [0.05, 0.1) is 30.9 Å². The number of allylic oxidation sites excluding steroid dienone is 1. The minimum atomic E-state index is -0.172. The van der Waals surface area contributed by atoms with Gasteiger partial charge in [0.2, 0.25) is 5.95 Å². The quantitative estimate of drug-likeness (QED) is 0.496. The van der Waals surface area contributed by atoms with Crippen LogP contribution in [0.4, 0.5) is 23.1 Å². The van der Waals surface area contributed by atoms with E-state index in [4.69, 9.17) is 15.3 Å². The SMILES string of the molecule is Cc1cc(/C=C/C#N)cc(C)c1Nc1nc(Nc2ccc(C#N)cc2)ncc1C(=O)N1CCOCC1. The highest BCUT2D eigenvalue weighted by Gasteiger charge is 2.23. The number of aromatic nitrogens is 2. The van der Waals surface area contributed by atoms with Crippen molar-refractivity contribution in [2.45, 2.75) is 13.8 Å². The number of carbonyl (C=O) groups is 1. The van der Waals surface area contributed by atoms with Gasteiger partial charge in [0, 0.05) is 36.7 Å². The molecule has 180 valence electrons. The fourth-order valence-corrected chi connectivity index (χ4v) is 3.93. The lowest BCUT2D eigenvalue weighted by atomic mass is 10.0. The highest BCUT2D eigenvalue weighted by molar-refractivity contribution is 5.99. The van der Waals surface area contributed by atoms with Gasteiger partial charge in [0.1, 0.15) is 11.4 Å². The number of nitrogens with one attached hydrogen (secondary N) is 2. The zero-order valence-corrected chi connectivity index (χ0v) is 20.1. The second-order valence-electron chi connectivity index (χ2n) is 8.29. The number of ether oxygens (including phenoxy) is 1. The van der Waals surface area contributed by atoms with Crippen LogP contribution < -0.4 is 10.6 Å². The van der Waals surface area contributed by atoms with E-state index in [1.807, 2.05) is 32.0 Å². The van der Waals surface area contributed by atoms with Crippen molar-refractivity contribution >= 4 is 35.1 Å². The van der Waals surface area contributed by atoms with Crippen LogP contribution in [0.2, 0.25) is 0 Å². The van der Waals surface area contributed by atoms with Crippen LogP contribution in [-0.2, 0) is 4.74 Å². The Morgan fingerprint density at radius 1 is 1.08 bits per heavy atom. The van der Waals surface area contributed by atoms with Crippen molar-refractivity contribution < 1.29 is 9.53 Å². The van der Waals surface area contributed by atoms with Crippen molar-refractivity contribution in [1.82, 2.24) is 14.9 Å². The molecule has 0 bridgehead atoms. The van der Waals surface area contributed by atoms with Crippen molar-refractivity contribution in [3.8, 4) is 12.1 Å². The van der Waals surface area contributed by atoms with Crippen molar-refractivity contribution in [3.63, 3.8) is 0 Å². The lowest BCUT2D eigenvalue weighted by Crippen LogP contribution is -2.41. The molecule has 1 fully saturated rings. The van der Waals surface area contributed by atoms with Gasteiger partial charge in [0.15, 0.2) is 0 Å². The summed E-state index contributed by atoms with van der Waals surface area (Å²) in [5, 5.41) is 24.3. The molecule has 2 N–H and O–H groups in total. The molecule has 2 aromatic carbocycles. The van der Waals surface area contributed by atoms with Crippen LogP contribution in [0.1, 0.15) is 32.6 Å². The van der Waals surface area contributed by atoms with Crippen LogP contribution in [0.15, 0.2) is 48.7 Å². The third-order valence-corrected chi connectivity index (χ3v) is 5.74. The van der Waals surface area contributed by atoms with Crippen LogP contribution in [-0.4, -0.2) is 47.1 Å². The zero-order chi connectivity index (χ0) is 25.5. The maximum Gasteiger partial charge on any atom is 0.259 e. The first-order valence-electron chi connectivity index (χ1n) is 11.4. The monoisotopic (exact) mass is 479 g/mol. The van der Waals surface area contributed by atoms with Crippen LogP contribution in [0.25, 0.3) is 6.08 Å². The average molecular weight is 480 g/mol. The second-order valence-corrected chi connectivity index (χ2v) is 8.29. The first-order chi connectivity index (χ1) is 17.5. The van der Waals surface area contributed by atoms with Gasteiger partial charge in [0.25, 0.3) is 5.91 Å². The molecular weight excluding hydrogens is 454 g/mol. The molecule has 4 rings (SSSR count). The van der Waals surface area contributed by atoms with Gasteiger partial charge >= 0.3 is 0 Å². The van der Waals surface area contributed by atoms with Crippen LogP contribution >= 0.6 is 0 Å². The fourth-order valence-electron chi connectivity index (χ4n) is 3.93. The predicted octanol–water partition coefficient (Wildman–Crippen LogP) is 4.46. The number of nitriles is 2. The van der Waals surface area contributed by atoms with Gasteiger partial charge < -0.3 is 20.3 Å². The first kappa shape index (κ1) is 24.4. The molecule has 0 unspecified atom stereocenters. The predicted molar refractivity (Wildman–Crippen MR) is 137 cm³/mol. The summed E-state index contributed by atoms with van der Waals surface area (Å²) in [5.41, 5.74) is 5.24. The van der Waals surface area contributed by atoms with Gasteiger partial charge in [-0.05, 0) is 73.0 Å². The van der Waals surface area contributed by atoms with E-state index in [9.17, 15) is 4.79 Å². The summed E-state index contributed by atoms with van der Waals surface area (Å²) in [6.45, 7) is 5.90. The van der Waals surface area contributed by atoms with Gasteiger partial charge in [-0.2, -0.15) is 15.5 Å². The number of aryl methyl sites for hydroxylation is 2. The Kier molecular flexibility index (Phi) is 7.54. The molecule has 0 spiro atoms. The number of hydrogen-bond donors (Lipinski definition) is 2. The van der Waals surface area contributed by atoms with E-state index >= 15 is 0 Å². The topological polar surface area (TPSA) is 127 Å². The molecule has 0 saturated carbocycles. The number of hydrogen-bond acceptors (Lipinski definition) is 8. The van der Waals surface area contributed by atoms with E-state index in [2.05, 4.69) is 26.7 Å². The molecule has 0 atom stereocenters. The Morgan fingerprint density at radius 2 is 1.78 bits per heavy atom. The standard InChI is InChI=1S/C27H25N7O2/c1-18-14-21(4-3-9-28)15-19(2)24(18)32-25-23(26(35)34-10-12-36-13-11-34)17-30-27(33-25)31-22-7-5-20(16-29)6-8-22/h3-8,14-15,17H,10-13H2,1-2H3,(H2,30,31,32,33)/b4-3+. The van der Waals surface area contributed by atoms with Gasteiger partial charge in [-0.15, -0.1) is 0 Å². The number of anilines is 4. The Balaban J connectivity index is 1.70. The molecule has 0 aliphatic carbocycles. The summed E-state index contributed by atoms with van der Waals surface area (Å²) < 4.78 is 5.39. The average Bonchev–Trinajstić information content (AvgIpc) is 2.90. The molecule has 1 amide bonds. The van der Waals surface area contributed by atoms with Gasteiger partial charge in [-0.1, -0.05) is 0 Å². The van der Waals surface area contributed by atoms with E-state index in [0.29, 0.717) is 54.9 Å². The summed E-state index contributed by atoms with van der Waals surface area (Å²) in [7, 11) is 0. The number of morpholine rings is 1. The molecule has 9 heteroatoms. The lowest BCUT2D eigenvalue weighted by Gasteiger charge is -2.27. The third-order valence-electron chi connectivity index (χ3n) is 5.74. The Hall–Kier alpha value is -4.73. The molecule has 36 heavy (non-hydrogen) atoms. The highest BCUT2D eigenvalue weighted by atomic mass is 16.5. The summed E-state index contributed by atoms with van der Waals surface area (Å²) in [6.07, 6.45) is 4.71. The van der Waals surface area contributed by atoms with Crippen molar-refractivity contribution in [2.24, 2.45) is 0 Å². The van der Waals surface area contributed by atoms with Gasteiger partial charge in [-0.25, -0.2) is 4.98 Å². The van der Waals surface area contributed by atoms with E-state index in [0.717, 1.165) is 22.4 Å². The Labute approximate surface area is 209 Å². The molecule has 1 saturated heterocycles. The Morgan fingerprint density at radius 3 is 2.42 bits per heavy atom. The number of amides is 1. The maximum absolute atomic E-state index is 13.4. The van der Waals surface area contributed by atoms with Crippen molar-refractivity contribution in [3.05, 3.63) is 76.5 Å². The third kappa shape index (κ3) is 5.66. The van der Waals surface area contributed by atoms with Crippen molar-refractivity contribution in [2.75, 3.05) is 36.9 Å². The second kappa shape index (κ2) is 11.1. The van der Waals surface area contributed by atoms with Gasteiger partial charge in [-0.3, -0.25) is 4.79 Å². The van der Waals surface area contributed by atoms with E-state index < -0.39 is 0 Å². The highest BCUT2D eigenvalue weighted by Crippen LogP contribution is 2.29. The fraction of sp³-hybridized carbons (Fsp3) is 0.222. The van der Waals surface area contributed by atoms with E-state index in [1.54, 1.807) is 35.2 Å². The summed E-state index contributed by atoms with van der Waals surface area (Å²) in [5.74, 6) is 0.517. The minimum absolute atomic E-state index is 0.172. The zero-order valence-electron chi connectivity index (χ0n) is 20.1. The number of carbonyl (C=O) groups excluding carboxylic acids is 1. The minimum Gasteiger partial charge on any atom is -0.378 e. The summed E-state index contributed by atoms with van der Waals surface area (Å²) in [6, 6.07) is 15.0. The number of benzene rings is 2. The van der Waals surface area contributed by atoms with E-state index in [-0.39, 0.29) is 5.91 Å². The number of rotatable bonds is 6. The van der Waals surface area contributed by atoms with Crippen LogP contribution in [0, 0.1) is 36.5 Å². The summed E-state index contributed by atoms with van der Waals surface area (Å²) in [4.78, 5) is 24.1. The largest absolute Gasteiger partial charge is 0.378 e. The van der Waals surface area contributed by atoms with E-state index in [1.165, 1.54) is 12.3 Å². The molecule has 3 aromatic rings. The molecule has 1 aliphatic rings. The maximum atomic E-state index is 13.4. The molecule has 1 aromatic heterocycles. The first-order valence-corrected chi connectivity index (χ1v) is 11.4. The number of nitrogens with zero attached hydrogens (tertiary/aromatic N) is 5. The van der Waals surface area contributed by atoms with Crippen LogP contribution in [0.3, 0.4) is 0 Å². The normalized spacial score (nSPS) is 13.2. The molecule has 0 radical (unpaired) electrons. The molecular formula is C27H25N7O2. The molecule has 2 heterocycles. The molecule has 1 aliphatic heterocycles. The lowest BCUT2D eigenvalue weighted by molar-refractivity contribution is 0.0303. The summed E-state index contributed by atoms with van der Waals surface area (Å²) >= 11 is 0. The molecule has 9 nitrogen and oxygen atoms in total. The smallest absolute Gasteiger partial charge is 0.259 e. The Bertz CT molecular complexity index is 1360. The van der Waals surface area contributed by atoms with Crippen LogP contribution in [0.5, 0.6) is 0 Å². The van der Waals surface area contributed by atoms with Crippen molar-refractivity contribution in [1.29, 1.82) is 10.5 Å².